The van der Waals surface area contributed by atoms with E-state index in [9.17, 15) is 9.59 Å². The zero-order valence-corrected chi connectivity index (χ0v) is 8.24. The summed E-state index contributed by atoms with van der Waals surface area (Å²) in [6, 6.07) is 0. The van der Waals surface area contributed by atoms with Gasteiger partial charge in [-0.15, -0.1) is 0 Å². The molecule has 2 unspecified atom stereocenters. The normalized spacial score (nSPS) is 14.8. The van der Waals surface area contributed by atoms with Crippen LogP contribution in [-0.2, 0) is 14.3 Å². The maximum Gasteiger partial charge on any atom is 0.316 e. The molecule has 0 saturated heterocycles. The Morgan fingerprint density at radius 2 is 2.00 bits per heavy atom. The van der Waals surface area contributed by atoms with Gasteiger partial charge in [-0.1, -0.05) is 0 Å². The van der Waals surface area contributed by atoms with Crippen molar-refractivity contribution in [2.75, 3.05) is 6.61 Å². The monoisotopic (exact) mass is 188 g/mol. The van der Waals surface area contributed by atoms with Gasteiger partial charge in [0.2, 0.25) is 0 Å². The third-order valence-electron chi connectivity index (χ3n) is 1.64. The summed E-state index contributed by atoms with van der Waals surface area (Å²) < 4.78 is 4.70. The molecule has 0 amide bonds. The molecular formula is C9H16O4. The smallest absolute Gasteiger partial charge is 0.316 e. The molecule has 0 radical (unpaired) electrons. The van der Waals surface area contributed by atoms with Crippen molar-refractivity contribution in [2.24, 2.45) is 5.92 Å². The zero-order chi connectivity index (χ0) is 10.4. The summed E-state index contributed by atoms with van der Waals surface area (Å²) >= 11 is 0. The number of carbonyl (C=O) groups excluding carboxylic acids is 2. The predicted molar refractivity (Wildman–Crippen MR) is 47.1 cm³/mol. The Hall–Kier alpha value is -0.900. The van der Waals surface area contributed by atoms with Crippen molar-refractivity contribution in [3.8, 4) is 0 Å². The van der Waals surface area contributed by atoms with Crippen LogP contribution in [0.5, 0.6) is 0 Å². The van der Waals surface area contributed by atoms with E-state index in [1.54, 1.807) is 6.92 Å². The highest BCUT2D eigenvalue weighted by Gasteiger charge is 2.25. The Morgan fingerprint density at radius 3 is 2.31 bits per heavy atom. The van der Waals surface area contributed by atoms with E-state index in [-0.39, 0.29) is 18.8 Å². The second-order valence-electron chi connectivity index (χ2n) is 3.00. The number of carbonyl (C=O) groups is 2. The molecule has 2 atom stereocenters. The van der Waals surface area contributed by atoms with Crippen LogP contribution in [-0.4, -0.2) is 29.6 Å². The summed E-state index contributed by atoms with van der Waals surface area (Å²) in [5, 5.41) is 9.03. The van der Waals surface area contributed by atoms with E-state index in [4.69, 9.17) is 9.84 Å². The average Bonchev–Trinajstić information content (AvgIpc) is 1.99. The summed E-state index contributed by atoms with van der Waals surface area (Å²) in [5.74, 6) is -1.63. The number of esters is 1. The third kappa shape index (κ3) is 4.62. The Bertz CT molecular complexity index is 186. The first-order valence-corrected chi connectivity index (χ1v) is 4.34. The molecule has 0 aromatic rings. The lowest BCUT2D eigenvalue weighted by Gasteiger charge is -2.13. The third-order valence-corrected chi connectivity index (χ3v) is 1.64. The largest absolute Gasteiger partial charge is 0.465 e. The van der Waals surface area contributed by atoms with Gasteiger partial charge in [-0.25, -0.2) is 0 Å². The fourth-order valence-corrected chi connectivity index (χ4v) is 1.01. The predicted octanol–water partition coefficient (Wildman–Crippen LogP) is 0.526. The fourth-order valence-electron chi connectivity index (χ4n) is 1.01. The van der Waals surface area contributed by atoms with E-state index >= 15 is 0 Å². The lowest BCUT2D eigenvalue weighted by molar-refractivity contribution is -0.152. The number of aliphatic hydroxyl groups is 1. The van der Waals surface area contributed by atoms with E-state index in [2.05, 4.69) is 0 Å². The van der Waals surface area contributed by atoms with E-state index in [1.807, 2.05) is 0 Å². The lowest BCUT2D eigenvalue weighted by atomic mass is 9.98. The first kappa shape index (κ1) is 12.1. The maximum atomic E-state index is 11.2. The van der Waals surface area contributed by atoms with Gasteiger partial charge in [-0.3, -0.25) is 9.59 Å². The van der Waals surface area contributed by atoms with Crippen LogP contribution in [0.25, 0.3) is 0 Å². The second-order valence-corrected chi connectivity index (χ2v) is 3.00. The minimum atomic E-state index is -0.819. The van der Waals surface area contributed by atoms with Gasteiger partial charge in [0.15, 0.2) is 0 Å². The molecule has 0 fully saturated rings. The molecule has 0 aliphatic rings. The Kier molecular flexibility index (Phi) is 5.30. The van der Waals surface area contributed by atoms with Crippen LogP contribution >= 0.6 is 0 Å². The van der Waals surface area contributed by atoms with Crippen molar-refractivity contribution < 1.29 is 19.4 Å². The van der Waals surface area contributed by atoms with E-state index in [1.165, 1.54) is 13.8 Å². The Labute approximate surface area is 77.9 Å². The van der Waals surface area contributed by atoms with Crippen LogP contribution in [0.1, 0.15) is 27.2 Å². The first-order valence-electron chi connectivity index (χ1n) is 4.34. The summed E-state index contributed by atoms with van der Waals surface area (Å²) in [6.07, 6.45) is -0.535. The topological polar surface area (TPSA) is 63.6 Å². The molecule has 76 valence electrons. The summed E-state index contributed by atoms with van der Waals surface area (Å²) in [4.78, 5) is 22.1. The molecule has 0 aromatic heterocycles. The summed E-state index contributed by atoms with van der Waals surface area (Å²) in [6.45, 7) is 4.79. The van der Waals surface area contributed by atoms with E-state index < -0.39 is 18.0 Å². The molecule has 4 heteroatoms. The van der Waals surface area contributed by atoms with Gasteiger partial charge in [0, 0.05) is 0 Å². The van der Waals surface area contributed by atoms with Gasteiger partial charge in [0.05, 0.1) is 12.7 Å². The molecule has 1 N–H and O–H groups in total. The standard InChI is InChI=1S/C9H16O4/c1-4-13-9(12)8(7(3)11)5-6(2)10/h6,8,10H,4-5H2,1-3H3. The average molecular weight is 188 g/mol. The highest BCUT2D eigenvalue weighted by atomic mass is 16.5. The van der Waals surface area contributed by atoms with Gasteiger partial charge in [0.1, 0.15) is 11.7 Å². The number of aliphatic hydroxyl groups excluding tert-OH is 1. The van der Waals surface area contributed by atoms with Crippen molar-refractivity contribution in [3.05, 3.63) is 0 Å². The van der Waals surface area contributed by atoms with Gasteiger partial charge < -0.3 is 9.84 Å². The minimum absolute atomic E-state index is 0.133. The van der Waals surface area contributed by atoms with Crippen molar-refractivity contribution in [1.82, 2.24) is 0 Å². The fraction of sp³-hybridized carbons (Fsp3) is 0.778. The van der Waals surface area contributed by atoms with Gasteiger partial charge in [-0.05, 0) is 27.2 Å². The number of hydrogen-bond acceptors (Lipinski definition) is 4. The molecule has 0 aliphatic carbocycles. The summed E-state index contributed by atoms with van der Waals surface area (Å²) in [5.41, 5.74) is 0. The molecule has 0 aliphatic heterocycles. The van der Waals surface area contributed by atoms with Crippen LogP contribution in [0.2, 0.25) is 0 Å². The van der Waals surface area contributed by atoms with Crippen LogP contribution in [0.3, 0.4) is 0 Å². The van der Waals surface area contributed by atoms with Crippen LogP contribution < -0.4 is 0 Å². The molecule has 13 heavy (non-hydrogen) atoms. The number of Topliss-reactive ketones (excluding diaryl/α,β-unsaturated/α-hetero) is 1. The number of rotatable bonds is 5. The van der Waals surface area contributed by atoms with E-state index in [0.29, 0.717) is 0 Å². The Morgan fingerprint density at radius 1 is 1.46 bits per heavy atom. The lowest BCUT2D eigenvalue weighted by Crippen LogP contribution is -2.27. The molecule has 0 aromatic carbocycles. The van der Waals surface area contributed by atoms with Crippen molar-refractivity contribution in [3.63, 3.8) is 0 Å². The quantitative estimate of drug-likeness (QED) is 0.505. The maximum absolute atomic E-state index is 11.2. The summed E-state index contributed by atoms with van der Waals surface area (Å²) in [7, 11) is 0. The SMILES string of the molecule is CCOC(=O)C(CC(C)O)C(C)=O. The first-order chi connectivity index (χ1) is 5.99. The molecular weight excluding hydrogens is 172 g/mol. The van der Waals surface area contributed by atoms with Gasteiger partial charge >= 0.3 is 5.97 Å². The van der Waals surface area contributed by atoms with Crippen molar-refractivity contribution >= 4 is 11.8 Å². The number of ether oxygens (including phenoxy) is 1. The molecule has 0 spiro atoms. The van der Waals surface area contributed by atoms with Crippen molar-refractivity contribution in [2.45, 2.75) is 33.3 Å². The molecule has 4 nitrogen and oxygen atoms in total. The Balaban J connectivity index is 4.24. The van der Waals surface area contributed by atoms with Gasteiger partial charge in [-0.2, -0.15) is 0 Å². The van der Waals surface area contributed by atoms with E-state index in [0.717, 1.165) is 0 Å². The number of hydrogen-bond donors (Lipinski definition) is 1. The molecule has 0 rings (SSSR count). The molecule has 0 heterocycles. The number of ketones is 1. The highest BCUT2D eigenvalue weighted by molar-refractivity contribution is 5.97. The second kappa shape index (κ2) is 5.70. The molecule has 0 saturated carbocycles. The highest BCUT2D eigenvalue weighted by Crippen LogP contribution is 2.10. The van der Waals surface area contributed by atoms with Crippen LogP contribution in [0.4, 0.5) is 0 Å². The molecule has 0 bridgehead atoms. The minimum Gasteiger partial charge on any atom is -0.465 e. The van der Waals surface area contributed by atoms with Crippen LogP contribution in [0, 0.1) is 5.92 Å². The van der Waals surface area contributed by atoms with Crippen LogP contribution in [0.15, 0.2) is 0 Å². The van der Waals surface area contributed by atoms with Crippen molar-refractivity contribution in [1.29, 1.82) is 0 Å². The van der Waals surface area contributed by atoms with Gasteiger partial charge in [0.25, 0.3) is 0 Å². The zero-order valence-electron chi connectivity index (χ0n) is 8.24.